The maximum Gasteiger partial charge on any atom is 0.203 e. The molecule has 10 heteroatoms. The minimum Gasteiger partial charge on any atom is -0.488 e. The van der Waals surface area contributed by atoms with Gasteiger partial charge in [-0.2, -0.15) is 10.2 Å². The van der Waals surface area contributed by atoms with E-state index in [9.17, 15) is 4.79 Å². The molecule has 0 saturated carbocycles. The highest BCUT2D eigenvalue weighted by molar-refractivity contribution is 5.56. The van der Waals surface area contributed by atoms with Crippen LogP contribution in [0.15, 0.2) is 66.1 Å². The lowest BCUT2D eigenvalue weighted by atomic mass is 10.1. The van der Waals surface area contributed by atoms with E-state index >= 15 is 0 Å². The summed E-state index contributed by atoms with van der Waals surface area (Å²) >= 11 is 0. The summed E-state index contributed by atoms with van der Waals surface area (Å²) in [6.07, 6.45) is 8.77. The van der Waals surface area contributed by atoms with Gasteiger partial charge in [-0.05, 0) is 11.6 Å². The van der Waals surface area contributed by atoms with Crippen molar-refractivity contribution in [3.8, 4) is 22.8 Å². The molecule has 1 atom stereocenters. The smallest absolute Gasteiger partial charge is 0.203 e. The van der Waals surface area contributed by atoms with Crippen molar-refractivity contribution in [2.24, 2.45) is 7.05 Å². The van der Waals surface area contributed by atoms with Crippen molar-refractivity contribution >= 4 is 0 Å². The van der Waals surface area contributed by atoms with E-state index in [-0.39, 0.29) is 11.5 Å². The first-order chi connectivity index (χ1) is 16.6. The van der Waals surface area contributed by atoms with Crippen molar-refractivity contribution in [1.29, 1.82) is 0 Å². The van der Waals surface area contributed by atoms with E-state index in [0.29, 0.717) is 50.1 Å². The first-order valence-corrected chi connectivity index (χ1v) is 11.0. The molecule has 4 aromatic rings. The van der Waals surface area contributed by atoms with Gasteiger partial charge in [-0.3, -0.25) is 9.48 Å². The average Bonchev–Trinajstić information content (AvgIpc) is 3.31. The van der Waals surface area contributed by atoms with E-state index in [4.69, 9.17) is 14.2 Å². The van der Waals surface area contributed by atoms with Crippen molar-refractivity contribution < 1.29 is 14.2 Å². The summed E-state index contributed by atoms with van der Waals surface area (Å²) in [5, 5.41) is 8.67. The summed E-state index contributed by atoms with van der Waals surface area (Å²) in [6.45, 7) is 2.11. The molecule has 5 rings (SSSR count). The van der Waals surface area contributed by atoms with Crippen molar-refractivity contribution in [3.05, 3.63) is 82.8 Å². The van der Waals surface area contributed by atoms with Crippen LogP contribution < -0.4 is 10.2 Å². The van der Waals surface area contributed by atoms with Gasteiger partial charge in [0.2, 0.25) is 5.43 Å². The van der Waals surface area contributed by atoms with E-state index in [1.807, 2.05) is 37.5 Å². The number of ether oxygens (including phenoxy) is 3. The number of nitrogens with zero attached hydrogens (tertiary/aromatic N) is 6. The Morgan fingerprint density at radius 2 is 2.03 bits per heavy atom. The topological polar surface area (TPSA) is 106 Å². The van der Waals surface area contributed by atoms with Crippen molar-refractivity contribution in [1.82, 2.24) is 29.5 Å². The molecule has 1 unspecified atom stereocenters. The highest BCUT2D eigenvalue weighted by atomic mass is 16.6. The zero-order valence-electron chi connectivity index (χ0n) is 18.7. The first kappa shape index (κ1) is 21.9. The first-order valence-electron chi connectivity index (χ1n) is 11.0. The molecular formula is C24H24N6O4. The molecule has 1 aromatic carbocycles. The Morgan fingerprint density at radius 1 is 1.15 bits per heavy atom. The van der Waals surface area contributed by atoms with Crippen molar-refractivity contribution in [2.45, 2.75) is 12.5 Å². The molecule has 3 aromatic heterocycles. The zero-order chi connectivity index (χ0) is 23.3. The van der Waals surface area contributed by atoms with Gasteiger partial charge in [-0.25, -0.2) is 14.6 Å². The van der Waals surface area contributed by atoms with E-state index in [1.54, 1.807) is 34.2 Å². The van der Waals surface area contributed by atoms with Crippen LogP contribution in [-0.4, -0.2) is 62.1 Å². The SMILES string of the molecule is Cn1cc(-n2ccc(=O)c(Cc3cccc(-c4ncc(OCC5COCCO5)cn4)c3)n2)cn1. The molecule has 1 aliphatic heterocycles. The minimum absolute atomic E-state index is 0.0838. The fourth-order valence-corrected chi connectivity index (χ4v) is 3.62. The van der Waals surface area contributed by atoms with Crippen LogP contribution in [0.4, 0.5) is 0 Å². The fourth-order valence-electron chi connectivity index (χ4n) is 3.62. The summed E-state index contributed by atoms with van der Waals surface area (Å²) in [7, 11) is 1.83. The lowest BCUT2D eigenvalue weighted by Gasteiger charge is -2.22. The zero-order valence-corrected chi connectivity index (χ0v) is 18.7. The monoisotopic (exact) mass is 460 g/mol. The van der Waals surface area contributed by atoms with Crippen LogP contribution in [0.25, 0.3) is 17.1 Å². The molecule has 34 heavy (non-hydrogen) atoms. The Hall–Kier alpha value is -3.89. The molecule has 4 heterocycles. The van der Waals surface area contributed by atoms with Crippen LogP contribution in [0.1, 0.15) is 11.3 Å². The van der Waals surface area contributed by atoms with E-state index in [2.05, 4.69) is 20.2 Å². The number of hydrogen-bond donors (Lipinski definition) is 0. The fraction of sp³-hybridized carbons (Fsp3) is 0.292. The highest BCUT2D eigenvalue weighted by Crippen LogP contribution is 2.19. The number of aryl methyl sites for hydroxylation is 1. The maximum absolute atomic E-state index is 12.4. The molecule has 174 valence electrons. The lowest BCUT2D eigenvalue weighted by molar-refractivity contribution is -0.101. The maximum atomic E-state index is 12.4. The van der Waals surface area contributed by atoms with Crippen LogP contribution in [0.5, 0.6) is 5.75 Å². The molecule has 0 amide bonds. The Bertz CT molecular complexity index is 1310. The highest BCUT2D eigenvalue weighted by Gasteiger charge is 2.15. The van der Waals surface area contributed by atoms with Crippen LogP contribution >= 0.6 is 0 Å². The Labute approximate surface area is 195 Å². The molecule has 0 bridgehead atoms. The molecule has 1 saturated heterocycles. The summed E-state index contributed by atoms with van der Waals surface area (Å²) in [5.74, 6) is 1.14. The van der Waals surface area contributed by atoms with Crippen LogP contribution in [0.3, 0.4) is 0 Å². The predicted molar refractivity (Wildman–Crippen MR) is 123 cm³/mol. The van der Waals surface area contributed by atoms with Crippen LogP contribution in [0, 0.1) is 0 Å². The van der Waals surface area contributed by atoms with E-state index in [0.717, 1.165) is 16.8 Å². The van der Waals surface area contributed by atoms with Crippen LogP contribution in [0.2, 0.25) is 0 Å². The predicted octanol–water partition coefficient (Wildman–Crippen LogP) is 1.81. The summed E-state index contributed by atoms with van der Waals surface area (Å²) in [5.41, 5.74) is 2.90. The van der Waals surface area contributed by atoms with Crippen molar-refractivity contribution in [3.63, 3.8) is 0 Å². The van der Waals surface area contributed by atoms with Crippen LogP contribution in [-0.2, 0) is 22.9 Å². The molecule has 0 N–H and O–H groups in total. The average molecular weight is 460 g/mol. The van der Waals surface area contributed by atoms with Gasteiger partial charge in [0.15, 0.2) is 11.6 Å². The van der Waals surface area contributed by atoms with Gasteiger partial charge in [-0.15, -0.1) is 0 Å². The molecule has 1 aliphatic rings. The van der Waals surface area contributed by atoms with Gasteiger partial charge in [0.25, 0.3) is 0 Å². The largest absolute Gasteiger partial charge is 0.488 e. The molecule has 1 fully saturated rings. The molecule has 10 nitrogen and oxygen atoms in total. The third-order valence-electron chi connectivity index (χ3n) is 5.34. The second-order valence-electron chi connectivity index (χ2n) is 7.94. The van der Waals surface area contributed by atoms with Gasteiger partial charge >= 0.3 is 0 Å². The quantitative estimate of drug-likeness (QED) is 0.411. The van der Waals surface area contributed by atoms with E-state index in [1.165, 1.54) is 6.07 Å². The van der Waals surface area contributed by atoms with Gasteiger partial charge in [0, 0.05) is 31.3 Å². The lowest BCUT2D eigenvalue weighted by Crippen LogP contribution is -2.33. The van der Waals surface area contributed by atoms with Crippen molar-refractivity contribution in [2.75, 3.05) is 26.4 Å². The Kier molecular flexibility index (Phi) is 6.41. The van der Waals surface area contributed by atoms with Gasteiger partial charge in [-0.1, -0.05) is 18.2 Å². The van der Waals surface area contributed by atoms with Gasteiger partial charge in [0.1, 0.15) is 24.1 Å². The second-order valence-corrected chi connectivity index (χ2v) is 7.94. The summed E-state index contributed by atoms with van der Waals surface area (Å²) in [6, 6.07) is 9.28. The number of hydrogen-bond acceptors (Lipinski definition) is 8. The number of benzene rings is 1. The molecular weight excluding hydrogens is 436 g/mol. The number of aromatic nitrogens is 6. The molecule has 0 radical (unpaired) electrons. The molecule has 0 aliphatic carbocycles. The van der Waals surface area contributed by atoms with E-state index < -0.39 is 0 Å². The van der Waals surface area contributed by atoms with Gasteiger partial charge in [0.05, 0.1) is 44.6 Å². The molecule has 0 spiro atoms. The number of rotatable bonds is 7. The summed E-state index contributed by atoms with van der Waals surface area (Å²) in [4.78, 5) is 21.3. The third kappa shape index (κ3) is 5.19. The second kappa shape index (κ2) is 9.94. The standard InChI is InChI=1S/C24H24N6O4/c1-29-14-19(11-27-29)30-6-5-23(31)22(28-30)10-17-3-2-4-18(9-17)24-25-12-20(13-26-24)34-16-21-15-32-7-8-33-21/h2-6,9,11-14,21H,7-8,10,15-16H2,1H3. The summed E-state index contributed by atoms with van der Waals surface area (Å²) < 4.78 is 20.0. The normalized spacial score (nSPS) is 15.9. The third-order valence-corrected chi connectivity index (χ3v) is 5.34. The minimum atomic E-state index is -0.115. The Morgan fingerprint density at radius 3 is 2.79 bits per heavy atom. The van der Waals surface area contributed by atoms with Gasteiger partial charge < -0.3 is 14.2 Å². The Balaban J connectivity index is 1.29.